The molecule has 23 heavy (non-hydrogen) atoms. The Hall–Kier alpha value is -1.91. The van der Waals surface area contributed by atoms with Gasteiger partial charge in [-0.3, -0.25) is 15.0 Å². The van der Waals surface area contributed by atoms with E-state index in [0.29, 0.717) is 0 Å². The maximum absolute atomic E-state index is 12.1. The highest BCUT2D eigenvalue weighted by molar-refractivity contribution is 5.96. The van der Waals surface area contributed by atoms with Crippen LogP contribution in [0, 0.1) is 0 Å². The highest BCUT2D eigenvalue weighted by Crippen LogP contribution is 2.45. The van der Waals surface area contributed by atoms with Crippen molar-refractivity contribution >= 4 is 11.9 Å². The predicted octanol–water partition coefficient (Wildman–Crippen LogP) is -0.196. The first-order valence-corrected chi connectivity index (χ1v) is 7.13. The molecule has 0 unspecified atom stereocenters. The van der Waals surface area contributed by atoms with E-state index in [1.165, 1.54) is 4.90 Å². The van der Waals surface area contributed by atoms with Crippen LogP contribution >= 0.6 is 0 Å². The number of ether oxygens (including phenoxy) is 3. The fraction of sp³-hybridized carbons (Fsp3) is 0.833. The zero-order valence-corrected chi connectivity index (χ0v) is 12.6. The number of amides is 3. The maximum atomic E-state index is 12.1. The van der Waals surface area contributed by atoms with Crippen molar-refractivity contribution in [3.63, 3.8) is 0 Å². The van der Waals surface area contributed by atoms with Crippen LogP contribution in [-0.4, -0.2) is 65.0 Å². The fourth-order valence-corrected chi connectivity index (χ4v) is 3.07. The lowest BCUT2D eigenvalue weighted by molar-refractivity contribution is -0.229. The smallest absolute Gasteiger partial charge is 0.326 e. The number of hydrogen-bond donors (Lipinski definition) is 2. The third-order valence-electron chi connectivity index (χ3n) is 4.01. The van der Waals surface area contributed by atoms with Crippen molar-refractivity contribution in [2.45, 2.75) is 50.2 Å². The van der Waals surface area contributed by atoms with E-state index < -0.39 is 42.6 Å². The molecule has 3 heterocycles. The second-order valence-corrected chi connectivity index (χ2v) is 6.02. The summed E-state index contributed by atoms with van der Waals surface area (Å²) in [5.74, 6) is -1.38. The first-order chi connectivity index (χ1) is 10.8. The maximum Gasteiger partial charge on any atom is 0.326 e. The Labute approximate surface area is 131 Å². The minimum atomic E-state index is -1.69. The molecule has 126 valence electrons. The molecule has 0 aromatic rings. The van der Waals surface area contributed by atoms with Gasteiger partial charge in [0.2, 0.25) is 11.6 Å². The van der Waals surface area contributed by atoms with Crippen LogP contribution in [0.1, 0.15) is 20.3 Å². The summed E-state index contributed by atoms with van der Waals surface area (Å²) >= 11 is 0. The Balaban J connectivity index is 1.94. The molecule has 0 aliphatic carbocycles. The van der Waals surface area contributed by atoms with Gasteiger partial charge >= 0.3 is 6.03 Å². The lowest BCUT2D eigenvalue weighted by Gasteiger charge is -2.35. The molecule has 0 saturated carbocycles. The number of nitrogens with one attached hydrogen (secondary N) is 1. The molecule has 3 aliphatic rings. The number of hydrogen-bond acceptors (Lipinski definition) is 7. The lowest BCUT2D eigenvalue weighted by Crippen LogP contribution is -2.56. The lowest BCUT2D eigenvalue weighted by atomic mass is 10.1. The van der Waals surface area contributed by atoms with E-state index in [-0.39, 0.29) is 18.9 Å². The molecule has 0 spiro atoms. The van der Waals surface area contributed by atoms with Gasteiger partial charge in [-0.1, -0.05) is 5.11 Å². The van der Waals surface area contributed by atoms with Crippen molar-refractivity contribution in [2.75, 3.05) is 13.2 Å². The topological polar surface area (TPSA) is 146 Å². The molecule has 0 radical (unpaired) electrons. The third kappa shape index (κ3) is 2.52. The van der Waals surface area contributed by atoms with Crippen LogP contribution in [0.2, 0.25) is 0 Å². The summed E-state index contributed by atoms with van der Waals surface area (Å²) in [4.78, 5) is 27.3. The van der Waals surface area contributed by atoms with Crippen molar-refractivity contribution in [3.8, 4) is 0 Å². The van der Waals surface area contributed by atoms with Gasteiger partial charge in [0.25, 0.3) is 0 Å². The highest BCUT2D eigenvalue weighted by Gasteiger charge is 2.64. The zero-order valence-electron chi connectivity index (χ0n) is 12.6. The molecule has 3 rings (SSSR count). The standard InChI is InChI=1S/C12H17N5O6/c1-11(2)21-7-8(22-11)12(5-18,15-16-13)23-9(7)17-4-3-6(19)14-10(17)20/h7-9,18H,3-5H2,1-2H3,(H,14,19,20)/t7-,8+,9-,12-/m1/s1. The molecule has 3 saturated heterocycles. The van der Waals surface area contributed by atoms with E-state index in [0.717, 1.165) is 0 Å². The van der Waals surface area contributed by atoms with Gasteiger partial charge in [-0.15, -0.1) is 0 Å². The number of nitrogens with zero attached hydrogens (tertiary/aromatic N) is 4. The van der Waals surface area contributed by atoms with Crippen LogP contribution in [0.4, 0.5) is 4.79 Å². The quantitative estimate of drug-likeness (QED) is 0.417. The first-order valence-electron chi connectivity index (χ1n) is 7.13. The molecule has 11 nitrogen and oxygen atoms in total. The van der Waals surface area contributed by atoms with Gasteiger partial charge in [0.05, 0.1) is 6.61 Å². The van der Waals surface area contributed by atoms with Gasteiger partial charge < -0.3 is 19.3 Å². The van der Waals surface area contributed by atoms with E-state index in [2.05, 4.69) is 15.3 Å². The van der Waals surface area contributed by atoms with Gasteiger partial charge in [-0.05, 0) is 19.4 Å². The molecule has 2 N–H and O–H groups in total. The molecule has 0 aromatic heterocycles. The second-order valence-electron chi connectivity index (χ2n) is 6.02. The average Bonchev–Trinajstić information content (AvgIpc) is 2.93. The normalized spacial score (nSPS) is 38.9. The fourth-order valence-electron chi connectivity index (χ4n) is 3.07. The molecule has 3 aliphatic heterocycles. The number of aliphatic hydroxyl groups is 1. The minimum Gasteiger partial charge on any atom is -0.393 e. The Kier molecular flexibility index (Phi) is 3.69. The van der Waals surface area contributed by atoms with Gasteiger partial charge in [0.1, 0.15) is 12.2 Å². The van der Waals surface area contributed by atoms with E-state index >= 15 is 0 Å². The summed E-state index contributed by atoms with van der Waals surface area (Å²) in [5, 5.41) is 15.4. The summed E-state index contributed by atoms with van der Waals surface area (Å²) < 4.78 is 17.2. The molecule has 0 aromatic carbocycles. The molecule has 3 fully saturated rings. The van der Waals surface area contributed by atoms with Gasteiger partial charge in [-0.25, -0.2) is 4.79 Å². The summed E-state index contributed by atoms with van der Waals surface area (Å²) in [5.41, 5.74) is 7.09. The number of rotatable bonds is 3. The third-order valence-corrected chi connectivity index (χ3v) is 4.01. The van der Waals surface area contributed by atoms with E-state index in [1.807, 2.05) is 0 Å². The molecular weight excluding hydrogens is 310 g/mol. The first kappa shape index (κ1) is 16.0. The molecule has 3 amide bonds. The van der Waals surface area contributed by atoms with E-state index in [4.69, 9.17) is 19.7 Å². The SMILES string of the molecule is CC1(C)O[C@H]2[C@H](N3CCC(=O)NC3=O)O[C@@](CO)(N=[N+]=[N-])[C@H]2O1. The largest absolute Gasteiger partial charge is 0.393 e. The van der Waals surface area contributed by atoms with Crippen LogP contribution in [-0.2, 0) is 19.0 Å². The molecule has 4 atom stereocenters. The summed E-state index contributed by atoms with van der Waals surface area (Å²) in [7, 11) is 0. The monoisotopic (exact) mass is 327 g/mol. The summed E-state index contributed by atoms with van der Waals surface area (Å²) in [6.07, 6.45) is -2.48. The van der Waals surface area contributed by atoms with Crippen LogP contribution in [0.3, 0.4) is 0 Å². The van der Waals surface area contributed by atoms with Crippen LogP contribution < -0.4 is 5.32 Å². The minimum absolute atomic E-state index is 0.112. The number of azide groups is 1. The van der Waals surface area contributed by atoms with Crippen molar-refractivity contribution in [1.29, 1.82) is 0 Å². The van der Waals surface area contributed by atoms with Gasteiger partial charge in [0, 0.05) is 17.9 Å². The van der Waals surface area contributed by atoms with Crippen LogP contribution in [0.5, 0.6) is 0 Å². The predicted molar refractivity (Wildman–Crippen MR) is 72.5 cm³/mol. The number of urea groups is 1. The zero-order chi connectivity index (χ0) is 16.8. The van der Waals surface area contributed by atoms with E-state index in [1.54, 1.807) is 13.8 Å². The van der Waals surface area contributed by atoms with Gasteiger partial charge in [-0.2, -0.15) is 0 Å². The Morgan fingerprint density at radius 1 is 1.43 bits per heavy atom. The van der Waals surface area contributed by atoms with Crippen LogP contribution in [0.25, 0.3) is 10.4 Å². The Bertz CT molecular complexity index is 590. The van der Waals surface area contributed by atoms with Crippen molar-refractivity contribution in [3.05, 3.63) is 10.4 Å². The number of aliphatic hydroxyl groups excluding tert-OH is 1. The van der Waals surface area contributed by atoms with E-state index in [9.17, 15) is 14.7 Å². The second kappa shape index (κ2) is 5.32. The van der Waals surface area contributed by atoms with Crippen LogP contribution in [0.15, 0.2) is 5.11 Å². The highest BCUT2D eigenvalue weighted by atomic mass is 16.8. The summed E-state index contributed by atoms with van der Waals surface area (Å²) in [6, 6.07) is -0.631. The van der Waals surface area contributed by atoms with Crippen molar-refractivity contribution < 1.29 is 28.9 Å². The Morgan fingerprint density at radius 2 is 2.17 bits per heavy atom. The average molecular weight is 327 g/mol. The van der Waals surface area contributed by atoms with Crippen molar-refractivity contribution in [2.24, 2.45) is 5.11 Å². The molecule has 0 bridgehead atoms. The summed E-state index contributed by atoms with van der Waals surface area (Å²) in [6.45, 7) is 2.82. The Morgan fingerprint density at radius 3 is 2.78 bits per heavy atom. The number of fused-ring (bicyclic) bond motifs is 1. The van der Waals surface area contributed by atoms with Crippen molar-refractivity contribution in [1.82, 2.24) is 10.2 Å². The molecule has 11 heteroatoms. The molecular formula is C12H17N5O6. The number of carbonyl (C=O) groups excluding carboxylic acids is 2. The number of imide groups is 1. The number of carbonyl (C=O) groups is 2. The van der Waals surface area contributed by atoms with Gasteiger partial charge in [0.15, 0.2) is 12.0 Å².